The average Bonchev–Trinajstić information content (AvgIpc) is 2.37. The molecule has 0 heterocycles. The smallest absolute Gasteiger partial charge is 0.251 e. The summed E-state index contributed by atoms with van der Waals surface area (Å²) in [7, 11) is 0. The van der Waals surface area contributed by atoms with Crippen LogP contribution in [0.1, 0.15) is 44.5 Å². The summed E-state index contributed by atoms with van der Waals surface area (Å²) in [5.41, 5.74) is 5.93. The highest BCUT2D eigenvalue weighted by Gasteiger charge is 2.22. The topological polar surface area (TPSA) is 64.3 Å². The Balaban J connectivity index is 2.34. The number of hydrogen-bond donors (Lipinski definition) is 2. The summed E-state index contributed by atoms with van der Waals surface area (Å²) >= 11 is 0. The van der Waals surface area contributed by atoms with Crippen LogP contribution in [0.2, 0.25) is 0 Å². The van der Waals surface area contributed by atoms with E-state index in [0.29, 0.717) is 18.7 Å². The quantitative estimate of drug-likeness (QED) is 0.804. The molecule has 0 saturated carbocycles. The molecule has 0 bridgehead atoms. The Labute approximate surface area is 121 Å². The monoisotopic (exact) mass is 278 g/mol. The largest absolute Gasteiger partial charge is 0.374 e. The molecule has 0 aliphatic carbocycles. The van der Waals surface area contributed by atoms with Crippen molar-refractivity contribution >= 4 is 5.91 Å². The minimum absolute atomic E-state index is 0.0550. The van der Waals surface area contributed by atoms with Crippen LogP contribution in [0.5, 0.6) is 0 Å². The third-order valence-corrected chi connectivity index (χ3v) is 2.88. The van der Waals surface area contributed by atoms with Crippen LogP contribution in [-0.4, -0.2) is 30.2 Å². The summed E-state index contributed by atoms with van der Waals surface area (Å²) in [5, 5.41) is 2.90. The van der Waals surface area contributed by atoms with E-state index in [0.717, 1.165) is 6.42 Å². The maximum atomic E-state index is 11.9. The SMILES string of the molecule is CC(C)(N)COC(C)(C)CCNC(=O)c1ccccc1. The molecule has 1 amide bonds. The third-order valence-electron chi connectivity index (χ3n) is 2.88. The van der Waals surface area contributed by atoms with Gasteiger partial charge < -0.3 is 15.8 Å². The van der Waals surface area contributed by atoms with Crippen molar-refractivity contribution < 1.29 is 9.53 Å². The van der Waals surface area contributed by atoms with Crippen molar-refractivity contribution in [3.8, 4) is 0 Å². The van der Waals surface area contributed by atoms with Crippen molar-refractivity contribution in [1.29, 1.82) is 0 Å². The van der Waals surface area contributed by atoms with E-state index in [1.54, 1.807) is 12.1 Å². The predicted octanol–water partition coefficient (Wildman–Crippen LogP) is 2.34. The zero-order valence-corrected chi connectivity index (χ0v) is 12.9. The fourth-order valence-electron chi connectivity index (χ4n) is 1.62. The van der Waals surface area contributed by atoms with Crippen LogP contribution in [0.25, 0.3) is 0 Å². The van der Waals surface area contributed by atoms with E-state index in [1.165, 1.54) is 0 Å². The Morgan fingerprint density at radius 3 is 2.35 bits per heavy atom. The van der Waals surface area contributed by atoms with E-state index >= 15 is 0 Å². The van der Waals surface area contributed by atoms with Crippen LogP contribution in [0, 0.1) is 0 Å². The van der Waals surface area contributed by atoms with Crippen LogP contribution in [-0.2, 0) is 4.74 Å². The van der Waals surface area contributed by atoms with E-state index < -0.39 is 0 Å². The average molecular weight is 278 g/mol. The van der Waals surface area contributed by atoms with Crippen LogP contribution in [0.4, 0.5) is 0 Å². The van der Waals surface area contributed by atoms with Crippen LogP contribution < -0.4 is 11.1 Å². The lowest BCUT2D eigenvalue weighted by Gasteiger charge is -2.29. The summed E-state index contributed by atoms with van der Waals surface area (Å²) in [5.74, 6) is -0.0550. The molecule has 1 rings (SSSR count). The summed E-state index contributed by atoms with van der Waals surface area (Å²) in [4.78, 5) is 11.9. The van der Waals surface area contributed by atoms with Gasteiger partial charge in [0.2, 0.25) is 0 Å². The number of carbonyl (C=O) groups excluding carboxylic acids is 1. The minimum Gasteiger partial charge on any atom is -0.374 e. The lowest BCUT2D eigenvalue weighted by molar-refractivity contribution is -0.0406. The summed E-state index contributed by atoms with van der Waals surface area (Å²) in [6.45, 7) is 8.94. The highest BCUT2D eigenvalue weighted by Crippen LogP contribution is 2.15. The van der Waals surface area contributed by atoms with Crippen molar-refractivity contribution in [1.82, 2.24) is 5.32 Å². The van der Waals surface area contributed by atoms with E-state index in [1.807, 2.05) is 45.9 Å². The molecule has 1 aromatic rings. The molecule has 0 spiro atoms. The fraction of sp³-hybridized carbons (Fsp3) is 0.562. The molecule has 0 unspecified atom stereocenters. The van der Waals surface area contributed by atoms with Gasteiger partial charge in [-0.15, -0.1) is 0 Å². The van der Waals surface area contributed by atoms with Gasteiger partial charge in [0.05, 0.1) is 12.2 Å². The number of ether oxygens (including phenoxy) is 1. The molecular weight excluding hydrogens is 252 g/mol. The minimum atomic E-state index is -0.343. The summed E-state index contributed by atoms with van der Waals surface area (Å²) < 4.78 is 5.81. The van der Waals surface area contributed by atoms with Gasteiger partial charge in [0.1, 0.15) is 0 Å². The third kappa shape index (κ3) is 6.68. The second-order valence-electron chi connectivity index (χ2n) is 6.41. The molecule has 20 heavy (non-hydrogen) atoms. The molecule has 0 aliphatic rings. The number of carbonyl (C=O) groups is 1. The molecule has 4 heteroatoms. The second-order valence-corrected chi connectivity index (χ2v) is 6.41. The lowest BCUT2D eigenvalue weighted by atomic mass is 10.0. The van der Waals surface area contributed by atoms with Crippen molar-refractivity contribution in [3.63, 3.8) is 0 Å². The molecule has 0 radical (unpaired) electrons. The first-order chi connectivity index (χ1) is 9.20. The van der Waals surface area contributed by atoms with Gasteiger partial charge in [-0.05, 0) is 46.2 Å². The maximum Gasteiger partial charge on any atom is 0.251 e. The Morgan fingerprint density at radius 2 is 1.80 bits per heavy atom. The molecule has 0 saturated heterocycles. The van der Waals surface area contributed by atoms with Gasteiger partial charge in [-0.1, -0.05) is 18.2 Å². The Morgan fingerprint density at radius 1 is 1.20 bits per heavy atom. The molecule has 0 aromatic heterocycles. The summed E-state index contributed by atoms with van der Waals surface area (Å²) in [6.07, 6.45) is 0.738. The zero-order valence-electron chi connectivity index (χ0n) is 12.9. The zero-order chi connectivity index (χ0) is 15.2. The Hall–Kier alpha value is -1.39. The van der Waals surface area contributed by atoms with Gasteiger partial charge in [-0.2, -0.15) is 0 Å². The maximum absolute atomic E-state index is 11.9. The fourth-order valence-corrected chi connectivity index (χ4v) is 1.62. The van der Waals surface area contributed by atoms with Gasteiger partial charge in [0.25, 0.3) is 5.91 Å². The molecule has 1 aromatic carbocycles. The van der Waals surface area contributed by atoms with E-state index in [2.05, 4.69) is 5.32 Å². The Kier molecular flexibility index (Phi) is 5.72. The first-order valence-corrected chi connectivity index (χ1v) is 6.96. The first-order valence-electron chi connectivity index (χ1n) is 6.96. The summed E-state index contributed by atoms with van der Waals surface area (Å²) in [6, 6.07) is 9.20. The molecule has 112 valence electrons. The van der Waals surface area contributed by atoms with Crippen LogP contribution in [0.15, 0.2) is 30.3 Å². The van der Waals surface area contributed by atoms with E-state index in [-0.39, 0.29) is 17.0 Å². The van der Waals surface area contributed by atoms with Gasteiger partial charge in [-0.25, -0.2) is 0 Å². The van der Waals surface area contributed by atoms with Gasteiger partial charge in [0, 0.05) is 17.6 Å². The molecule has 4 nitrogen and oxygen atoms in total. The van der Waals surface area contributed by atoms with E-state index in [9.17, 15) is 4.79 Å². The van der Waals surface area contributed by atoms with Crippen molar-refractivity contribution in [3.05, 3.63) is 35.9 Å². The normalized spacial score (nSPS) is 12.2. The second kappa shape index (κ2) is 6.86. The van der Waals surface area contributed by atoms with E-state index in [4.69, 9.17) is 10.5 Å². The molecule has 0 aliphatic heterocycles. The van der Waals surface area contributed by atoms with Crippen molar-refractivity contribution in [2.24, 2.45) is 5.73 Å². The number of amides is 1. The standard InChI is InChI=1S/C16H26N2O2/c1-15(2,17)12-20-16(3,4)10-11-18-14(19)13-8-6-5-7-9-13/h5-9H,10-12,17H2,1-4H3,(H,18,19). The number of hydrogen-bond acceptors (Lipinski definition) is 3. The lowest BCUT2D eigenvalue weighted by Crippen LogP contribution is -2.42. The Bertz CT molecular complexity index is 422. The van der Waals surface area contributed by atoms with Crippen molar-refractivity contribution in [2.75, 3.05) is 13.2 Å². The molecular formula is C16H26N2O2. The number of rotatable bonds is 7. The van der Waals surface area contributed by atoms with Gasteiger partial charge >= 0.3 is 0 Å². The molecule has 3 N–H and O–H groups in total. The number of benzene rings is 1. The highest BCUT2D eigenvalue weighted by molar-refractivity contribution is 5.94. The predicted molar refractivity (Wildman–Crippen MR) is 81.7 cm³/mol. The van der Waals surface area contributed by atoms with Crippen LogP contribution >= 0.6 is 0 Å². The van der Waals surface area contributed by atoms with Gasteiger partial charge in [0.15, 0.2) is 0 Å². The molecule has 0 fully saturated rings. The van der Waals surface area contributed by atoms with Crippen molar-refractivity contribution in [2.45, 2.75) is 45.3 Å². The number of nitrogens with two attached hydrogens (primary N) is 1. The van der Waals surface area contributed by atoms with Gasteiger partial charge in [-0.3, -0.25) is 4.79 Å². The van der Waals surface area contributed by atoms with Crippen LogP contribution in [0.3, 0.4) is 0 Å². The highest BCUT2D eigenvalue weighted by atomic mass is 16.5. The molecule has 0 atom stereocenters. The first kappa shape index (κ1) is 16.7. The number of nitrogens with one attached hydrogen (secondary N) is 1.